The Morgan fingerprint density at radius 3 is 3.08 bits per heavy atom. The normalized spacial score (nSPS) is 9.92. The summed E-state index contributed by atoms with van der Waals surface area (Å²) < 4.78 is 4.69. The van der Waals surface area contributed by atoms with Gasteiger partial charge in [-0.1, -0.05) is 0 Å². The number of H-pyrrole nitrogens is 1. The predicted molar refractivity (Wildman–Crippen MR) is 39.5 cm³/mol. The number of hydrogen-bond donors (Lipinski definition) is 2. The third-order valence-corrected chi connectivity index (χ3v) is 1.10. The molecule has 2 N–H and O–H groups in total. The lowest BCUT2D eigenvalue weighted by atomic mass is 10.6. The van der Waals surface area contributed by atoms with Crippen LogP contribution in [0.5, 0.6) is 0 Å². The van der Waals surface area contributed by atoms with E-state index in [9.17, 15) is 4.79 Å². The predicted octanol–water partition coefficient (Wildman–Crippen LogP) is -1.49. The summed E-state index contributed by atoms with van der Waals surface area (Å²) in [5.41, 5.74) is 2.12. The van der Waals surface area contributed by atoms with Crippen LogP contribution in [0.25, 0.3) is 0 Å². The molecular formula is C5H9N5O3. The fraction of sp³-hybridized carbons (Fsp3) is 0.600. The van der Waals surface area contributed by atoms with Gasteiger partial charge in [0.05, 0.1) is 13.2 Å². The average molecular weight is 187 g/mol. The first kappa shape index (κ1) is 9.55. The van der Waals surface area contributed by atoms with Gasteiger partial charge in [0.2, 0.25) is 0 Å². The summed E-state index contributed by atoms with van der Waals surface area (Å²) in [5, 5.41) is 12.2. The number of amides is 1. The summed E-state index contributed by atoms with van der Waals surface area (Å²) in [6.45, 7) is 0.659. The van der Waals surface area contributed by atoms with Crippen LogP contribution in [-0.2, 0) is 9.57 Å². The number of methoxy groups -OCH3 is 1. The molecule has 0 spiro atoms. The Bertz CT molecular complexity index is 249. The largest absolute Gasteiger partial charge is 0.382 e. The van der Waals surface area contributed by atoms with E-state index in [4.69, 9.17) is 4.84 Å². The Balaban J connectivity index is 2.19. The van der Waals surface area contributed by atoms with Gasteiger partial charge in [-0.3, -0.25) is 9.63 Å². The van der Waals surface area contributed by atoms with Crippen molar-refractivity contribution in [3.8, 4) is 0 Å². The molecule has 0 saturated heterocycles. The molecule has 1 aromatic rings. The number of nitrogens with one attached hydrogen (secondary N) is 2. The molecule has 0 aliphatic heterocycles. The zero-order valence-corrected chi connectivity index (χ0v) is 6.98. The number of hydroxylamine groups is 1. The molecule has 8 nitrogen and oxygen atoms in total. The molecule has 8 heteroatoms. The van der Waals surface area contributed by atoms with E-state index in [1.165, 1.54) is 7.11 Å². The van der Waals surface area contributed by atoms with Gasteiger partial charge in [-0.05, 0) is 5.21 Å². The van der Waals surface area contributed by atoms with Crippen molar-refractivity contribution >= 4 is 5.91 Å². The van der Waals surface area contributed by atoms with Gasteiger partial charge < -0.3 is 4.74 Å². The molecule has 0 aliphatic carbocycles. The van der Waals surface area contributed by atoms with Crippen molar-refractivity contribution in [2.24, 2.45) is 0 Å². The summed E-state index contributed by atoms with van der Waals surface area (Å²) in [7, 11) is 1.53. The number of carbonyl (C=O) groups is 1. The van der Waals surface area contributed by atoms with Gasteiger partial charge in [-0.15, -0.1) is 10.2 Å². The molecule has 1 aromatic heterocycles. The molecule has 0 bridgehead atoms. The lowest BCUT2D eigenvalue weighted by Gasteiger charge is -2.01. The second kappa shape index (κ2) is 5.17. The SMILES string of the molecule is COCCONC(=O)c1nn[nH]n1. The lowest BCUT2D eigenvalue weighted by molar-refractivity contribution is 0.00825. The van der Waals surface area contributed by atoms with Crippen molar-refractivity contribution in [2.45, 2.75) is 0 Å². The summed E-state index contributed by atoms with van der Waals surface area (Å²) in [6.07, 6.45) is 0. The van der Waals surface area contributed by atoms with E-state index in [1.54, 1.807) is 0 Å². The third kappa shape index (κ3) is 3.13. The van der Waals surface area contributed by atoms with E-state index < -0.39 is 5.91 Å². The molecular weight excluding hydrogens is 178 g/mol. The third-order valence-electron chi connectivity index (χ3n) is 1.10. The maximum Gasteiger partial charge on any atom is 0.316 e. The Kier molecular flexibility index (Phi) is 3.79. The van der Waals surface area contributed by atoms with E-state index in [0.29, 0.717) is 6.61 Å². The number of aromatic amines is 1. The van der Waals surface area contributed by atoms with Crippen LogP contribution in [0.3, 0.4) is 0 Å². The lowest BCUT2D eigenvalue weighted by Crippen LogP contribution is -2.26. The van der Waals surface area contributed by atoms with Gasteiger partial charge in [0.25, 0.3) is 5.82 Å². The van der Waals surface area contributed by atoms with E-state index >= 15 is 0 Å². The Morgan fingerprint density at radius 2 is 2.46 bits per heavy atom. The number of nitrogens with zero attached hydrogens (tertiary/aromatic N) is 3. The van der Waals surface area contributed by atoms with Crippen LogP contribution >= 0.6 is 0 Å². The first-order chi connectivity index (χ1) is 6.34. The highest BCUT2D eigenvalue weighted by Crippen LogP contribution is 1.82. The molecule has 1 amide bonds. The molecule has 0 aromatic carbocycles. The second-order valence-electron chi connectivity index (χ2n) is 2.01. The fourth-order valence-corrected chi connectivity index (χ4v) is 0.545. The summed E-state index contributed by atoms with van der Waals surface area (Å²) in [5.74, 6) is -0.623. The molecule has 72 valence electrons. The maximum absolute atomic E-state index is 11.0. The highest BCUT2D eigenvalue weighted by molar-refractivity contribution is 5.89. The molecule has 0 saturated carbocycles. The average Bonchev–Trinajstić information content (AvgIpc) is 2.65. The minimum absolute atomic E-state index is 0.0718. The molecule has 13 heavy (non-hydrogen) atoms. The van der Waals surface area contributed by atoms with Gasteiger partial charge in [-0.2, -0.15) is 5.21 Å². The van der Waals surface area contributed by atoms with Crippen LogP contribution in [0.1, 0.15) is 10.6 Å². The monoisotopic (exact) mass is 187 g/mol. The molecule has 0 radical (unpaired) electrons. The van der Waals surface area contributed by atoms with Crippen molar-refractivity contribution in [3.05, 3.63) is 5.82 Å². The Labute approximate surface area is 73.6 Å². The molecule has 0 unspecified atom stereocenters. The van der Waals surface area contributed by atoms with Crippen molar-refractivity contribution in [2.75, 3.05) is 20.3 Å². The summed E-state index contributed by atoms with van der Waals surface area (Å²) in [6, 6.07) is 0. The van der Waals surface area contributed by atoms with Crippen molar-refractivity contribution in [1.82, 2.24) is 26.1 Å². The van der Waals surface area contributed by atoms with Crippen molar-refractivity contribution < 1.29 is 14.4 Å². The molecule has 1 rings (SSSR count). The number of aromatic nitrogens is 4. The summed E-state index contributed by atoms with van der Waals surface area (Å²) >= 11 is 0. The van der Waals surface area contributed by atoms with Gasteiger partial charge in [0.15, 0.2) is 0 Å². The van der Waals surface area contributed by atoms with E-state index in [2.05, 4.69) is 30.8 Å². The van der Waals surface area contributed by atoms with Gasteiger partial charge in [0, 0.05) is 7.11 Å². The van der Waals surface area contributed by atoms with Crippen molar-refractivity contribution in [3.63, 3.8) is 0 Å². The molecule has 0 aliphatic rings. The Morgan fingerprint density at radius 1 is 1.62 bits per heavy atom. The van der Waals surface area contributed by atoms with Crippen LogP contribution in [0.2, 0.25) is 0 Å². The number of tetrazole rings is 1. The maximum atomic E-state index is 11.0. The number of hydrogen-bond acceptors (Lipinski definition) is 6. The Hall–Kier alpha value is -1.54. The van der Waals surface area contributed by atoms with Gasteiger partial charge in [0.1, 0.15) is 0 Å². The first-order valence-corrected chi connectivity index (χ1v) is 3.49. The number of carbonyl (C=O) groups excluding carboxylic acids is 1. The smallest absolute Gasteiger partial charge is 0.316 e. The van der Waals surface area contributed by atoms with Crippen LogP contribution in [0, 0.1) is 0 Å². The summed E-state index contributed by atoms with van der Waals surface area (Å²) in [4.78, 5) is 15.7. The van der Waals surface area contributed by atoms with Crippen LogP contribution in [0.15, 0.2) is 0 Å². The minimum Gasteiger partial charge on any atom is -0.382 e. The molecule has 0 atom stereocenters. The van der Waals surface area contributed by atoms with Crippen LogP contribution in [-0.4, -0.2) is 46.9 Å². The van der Waals surface area contributed by atoms with Gasteiger partial charge in [-0.25, -0.2) is 5.48 Å². The standard InChI is InChI=1S/C5H9N5O3/c1-12-2-3-13-8-5(11)4-6-9-10-7-4/h2-3H2,1H3,(H,8,11)(H,6,7,9,10). The van der Waals surface area contributed by atoms with E-state index in [-0.39, 0.29) is 12.4 Å². The fourth-order valence-electron chi connectivity index (χ4n) is 0.545. The zero-order chi connectivity index (χ0) is 9.52. The molecule has 0 fully saturated rings. The minimum atomic E-state index is -0.551. The second-order valence-corrected chi connectivity index (χ2v) is 2.01. The highest BCUT2D eigenvalue weighted by atomic mass is 16.7. The quantitative estimate of drug-likeness (QED) is 0.430. The number of rotatable bonds is 5. The van der Waals surface area contributed by atoms with Crippen LogP contribution in [0.4, 0.5) is 0 Å². The van der Waals surface area contributed by atoms with E-state index in [0.717, 1.165) is 0 Å². The van der Waals surface area contributed by atoms with E-state index in [1.807, 2.05) is 0 Å². The van der Waals surface area contributed by atoms with Gasteiger partial charge >= 0.3 is 5.91 Å². The highest BCUT2D eigenvalue weighted by Gasteiger charge is 2.09. The van der Waals surface area contributed by atoms with Crippen LogP contribution < -0.4 is 5.48 Å². The molecule has 1 heterocycles. The van der Waals surface area contributed by atoms with Crippen molar-refractivity contribution in [1.29, 1.82) is 0 Å². The topological polar surface area (TPSA) is 102 Å². The zero-order valence-electron chi connectivity index (χ0n) is 6.98. The number of ether oxygens (including phenoxy) is 1. The first-order valence-electron chi connectivity index (χ1n) is 3.49.